The molecule has 0 amide bonds. The number of nitrogens with two attached hydrogens (primary N) is 1. The molecule has 0 saturated heterocycles. The summed E-state index contributed by atoms with van der Waals surface area (Å²) in [5.74, 6) is -0.116. The van der Waals surface area contributed by atoms with Crippen LogP contribution in [-0.2, 0) is 4.74 Å². The summed E-state index contributed by atoms with van der Waals surface area (Å²) in [5, 5.41) is 0. The van der Waals surface area contributed by atoms with Gasteiger partial charge in [-0.1, -0.05) is 35.0 Å². The van der Waals surface area contributed by atoms with Crippen molar-refractivity contribution in [2.45, 2.75) is 19.4 Å². The summed E-state index contributed by atoms with van der Waals surface area (Å²) in [6.45, 7) is 2.45. The van der Waals surface area contributed by atoms with Crippen LogP contribution in [0.4, 0.5) is 0 Å². The lowest BCUT2D eigenvalue weighted by atomic mass is 9.91. The summed E-state index contributed by atoms with van der Waals surface area (Å²) in [5.41, 5.74) is 6.66. The van der Waals surface area contributed by atoms with Gasteiger partial charge in [0.1, 0.15) is 0 Å². The Morgan fingerprint density at radius 1 is 1.53 bits per heavy atom. The average Bonchev–Trinajstić information content (AvgIpc) is 2.34. The molecule has 0 aromatic heterocycles. The van der Waals surface area contributed by atoms with Gasteiger partial charge in [-0.05, 0) is 18.6 Å². The van der Waals surface area contributed by atoms with Gasteiger partial charge in [0.25, 0.3) is 0 Å². The molecule has 1 aromatic rings. The Balaban J connectivity index is 2.69. The van der Waals surface area contributed by atoms with E-state index in [2.05, 4.69) is 15.9 Å². The van der Waals surface area contributed by atoms with Crippen LogP contribution in [0, 0.1) is 5.92 Å². The smallest absolute Gasteiger partial charge is 0.167 e. The van der Waals surface area contributed by atoms with Crippen molar-refractivity contribution in [2.75, 3.05) is 13.7 Å². The Morgan fingerprint density at radius 3 is 2.82 bits per heavy atom. The van der Waals surface area contributed by atoms with Crippen LogP contribution < -0.4 is 5.73 Å². The quantitative estimate of drug-likeness (QED) is 0.822. The largest absolute Gasteiger partial charge is 0.385 e. The molecule has 4 heteroatoms. The van der Waals surface area contributed by atoms with E-state index < -0.39 is 0 Å². The topological polar surface area (TPSA) is 52.3 Å². The second-order valence-electron chi connectivity index (χ2n) is 4.11. The number of benzene rings is 1. The van der Waals surface area contributed by atoms with E-state index in [9.17, 15) is 4.79 Å². The minimum atomic E-state index is -0.195. The molecule has 0 saturated carbocycles. The molecule has 0 radical (unpaired) electrons. The van der Waals surface area contributed by atoms with Gasteiger partial charge >= 0.3 is 0 Å². The van der Waals surface area contributed by atoms with Crippen molar-refractivity contribution in [1.29, 1.82) is 0 Å². The van der Waals surface area contributed by atoms with Gasteiger partial charge in [0, 0.05) is 35.7 Å². The fourth-order valence-corrected chi connectivity index (χ4v) is 2.00. The molecule has 0 heterocycles. The summed E-state index contributed by atoms with van der Waals surface area (Å²) in [7, 11) is 1.63. The van der Waals surface area contributed by atoms with Gasteiger partial charge in [0.05, 0.1) is 0 Å². The predicted molar refractivity (Wildman–Crippen MR) is 72.1 cm³/mol. The molecule has 94 valence electrons. The van der Waals surface area contributed by atoms with E-state index in [0.717, 1.165) is 4.47 Å². The second-order valence-corrected chi connectivity index (χ2v) is 5.02. The molecule has 0 aliphatic rings. The highest BCUT2D eigenvalue weighted by Gasteiger charge is 2.21. The Morgan fingerprint density at radius 2 is 2.24 bits per heavy atom. The third-order valence-electron chi connectivity index (χ3n) is 2.82. The van der Waals surface area contributed by atoms with Crippen LogP contribution in [0.5, 0.6) is 0 Å². The fraction of sp³-hybridized carbons (Fsp3) is 0.462. The summed E-state index contributed by atoms with van der Waals surface area (Å²) in [6, 6.07) is 7.22. The molecule has 1 rings (SSSR count). The number of hydrogen-bond donors (Lipinski definition) is 1. The number of rotatable bonds is 6. The number of ether oxygens (including phenoxy) is 1. The van der Waals surface area contributed by atoms with E-state index in [0.29, 0.717) is 18.6 Å². The molecule has 2 N–H and O–H groups in total. The molecule has 0 bridgehead atoms. The Kier molecular flexibility index (Phi) is 5.82. The molecular formula is C13H18BrNO2. The van der Waals surface area contributed by atoms with E-state index in [1.165, 1.54) is 0 Å². The van der Waals surface area contributed by atoms with Gasteiger partial charge in [-0.2, -0.15) is 0 Å². The molecule has 2 unspecified atom stereocenters. The SMILES string of the molecule is COCCC(N)C(C)C(=O)c1cccc(Br)c1. The van der Waals surface area contributed by atoms with Gasteiger partial charge in [-0.15, -0.1) is 0 Å². The minimum Gasteiger partial charge on any atom is -0.385 e. The summed E-state index contributed by atoms with van der Waals surface area (Å²) < 4.78 is 5.87. The minimum absolute atomic E-state index is 0.0786. The van der Waals surface area contributed by atoms with Gasteiger partial charge in [-0.3, -0.25) is 4.79 Å². The van der Waals surface area contributed by atoms with Crippen LogP contribution in [0.15, 0.2) is 28.7 Å². The maximum absolute atomic E-state index is 12.2. The summed E-state index contributed by atoms with van der Waals surface area (Å²) in [6.07, 6.45) is 0.692. The zero-order chi connectivity index (χ0) is 12.8. The number of Topliss-reactive ketones (excluding diaryl/α,β-unsaturated/α-hetero) is 1. The second kappa shape index (κ2) is 6.89. The third-order valence-corrected chi connectivity index (χ3v) is 3.31. The molecule has 0 spiro atoms. The van der Waals surface area contributed by atoms with Crippen LogP contribution >= 0.6 is 15.9 Å². The van der Waals surface area contributed by atoms with E-state index in [4.69, 9.17) is 10.5 Å². The Hall–Kier alpha value is -0.710. The third kappa shape index (κ3) is 4.22. The highest BCUT2D eigenvalue weighted by atomic mass is 79.9. The zero-order valence-corrected chi connectivity index (χ0v) is 11.7. The van der Waals surface area contributed by atoms with Crippen LogP contribution in [0.1, 0.15) is 23.7 Å². The van der Waals surface area contributed by atoms with Crippen LogP contribution in [0.25, 0.3) is 0 Å². The Labute approximate surface area is 110 Å². The highest BCUT2D eigenvalue weighted by Crippen LogP contribution is 2.17. The number of ketones is 1. The van der Waals surface area contributed by atoms with Crippen LogP contribution in [0.3, 0.4) is 0 Å². The van der Waals surface area contributed by atoms with Crippen molar-refractivity contribution in [3.63, 3.8) is 0 Å². The lowest BCUT2D eigenvalue weighted by molar-refractivity contribution is 0.0899. The molecule has 1 aromatic carbocycles. The lowest BCUT2D eigenvalue weighted by Crippen LogP contribution is -2.34. The van der Waals surface area contributed by atoms with E-state index in [1.54, 1.807) is 7.11 Å². The maximum atomic E-state index is 12.2. The number of halogens is 1. The summed E-state index contributed by atoms with van der Waals surface area (Å²) in [4.78, 5) is 12.2. The monoisotopic (exact) mass is 299 g/mol. The van der Waals surface area contributed by atoms with Crippen LogP contribution in [0.2, 0.25) is 0 Å². The normalized spacial score (nSPS) is 14.4. The molecule has 3 nitrogen and oxygen atoms in total. The van der Waals surface area contributed by atoms with Crippen molar-refractivity contribution >= 4 is 21.7 Å². The van der Waals surface area contributed by atoms with Gasteiger partial charge in [-0.25, -0.2) is 0 Å². The van der Waals surface area contributed by atoms with Gasteiger partial charge < -0.3 is 10.5 Å². The predicted octanol–water partition coefficient (Wildman–Crippen LogP) is 2.63. The molecule has 0 aliphatic carbocycles. The van der Waals surface area contributed by atoms with E-state index >= 15 is 0 Å². The fourth-order valence-electron chi connectivity index (χ4n) is 1.60. The van der Waals surface area contributed by atoms with Crippen molar-refractivity contribution in [1.82, 2.24) is 0 Å². The highest BCUT2D eigenvalue weighted by molar-refractivity contribution is 9.10. The first-order valence-electron chi connectivity index (χ1n) is 5.60. The molecule has 0 fully saturated rings. The standard InChI is InChI=1S/C13H18BrNO2/c1-9(12(15)6-7-17-2)13(16)10-4-3-5-11(14)8-10/h3-5,8-9,12H,6-7,15H2,1-2H3. The van der Waals surface area contributed by atoms with Crippen molar-refractivity contribution in [2.24, 2.45) is 11.7 Å². The molecule has 17 heavy (non-hydrogen) atoms. The van der Waals surface area contributed by atoms with Crippen molar-refractivity contribution in [3.8, 4) is 0 Å². The van der Waals surface area contributed by atoms with Gasteiger partial charge in [0.15, 0.2) is 5.78 Å². The first-order chi connectivity index (χ1) is 8.06. The molecule has 0 aliphatic heterocycles. The van der Waals surface area contributed by atoms with Crippen LogP contribution in [-0.4, -0.2) is 25.5 Å². The summed E-state index contributed by atoms with van der Waals surface area (Å²) >= 11 is 3.36. The Bertz CT molecular complexity index is 381. The molecule has 2 atom stereocenters. The van der Waals surface area contributed by atoms with Crippen molar-refractivity contribution in [3.05, 3.63) is 34.3 Å². The molecular weight excluding hydrogens is 282 g/mol. The zero-order valence-electron chi connectivity index (χ0n) is 10.2. The average molecular weight is 300 g/mol. The van der Waals surface area contributed by atoms with E-state index in [1.807, 2.05) is 31.2 Å². The number of carbonyl (C=O) groups excluding carboxylic acids is 1. The number of methoxy groups -OCH3 is 1. The van der Waals surface area contributed by atoms with Crippen molar-refractivity contribution < 1.29 is 9.53 Å². The first kappa shape index (κ1) is 14.4. The maximum Gasteiger partial charge on any atom is 0.167 e. The first-order valence-corrected chi connectivity index (χ1v) is 6.40. The van der Waals surface area contributed by atoms with E-state index in [-0.39, 0.29) is 17.7 Å². The number of carbonyl (C=O) groups is 1. The lowest BCUT2D eigenvalue weighted by Gasteiger charge is -2.18. The number of hydrogen-bond acceptors (Lipinski definition) is 3. The van der Waals surface area contributed by atoms with Gasteiger partial charge in [0.2, 0.25) is 0 Å².